The number of carbonyl (C=O) groups is 1. The molecule has 41 heavy (non-hydrogen) atoms. The summed E-state index contributed by atoms with van der Waals surface area (Å²) in [6, 6.07) is 10.6. The molecular weight excluding hydrogens is 516 g/mol. The first-order chi connectivity index (χ1) is 20.0. The molecule has 3 unspecified atom stereocenters. The fourth-order valence-electron chi connectivity index (χ4n) is 7.56. The lowest BCUT2D eigenvalue weighted by Gasteiger charge is -2.27. The van der Waals surface area contributed by atoms with Crippen LogP contribution in [0.1, 0.15) is 60.5 Å². The molecule has 4 aliphatic rings. The molecule has 2 saturated heterocycles. The van der Waals surface area contributed by atoms with Crippen LogP contribution in [-0.4, -0.2) is 68.9 Å². The maximum Gasteiger partial charge on any atom is 0.254 e. The summed E-state index contributed by atoms with van der Waals surface area (Å²) < 4.78 is 15.9. The molecule has 2 aliphatic heterocycles. The first kappa shape index (κ1) is 25.3. The Morgan fingerprint density at radius 2 is 1.90 bits per heavy atom. The summed E-state index contributed by atoms with van der Waals surface area (Å²) in [6.45, 7) is 3.28. The van der Waals surface area contributed by atoms with Gasteiger partial charge in [-0.1, -0.05) is 0 Å². The molecule has 1 aromatic carbocycles. The second kappa shape index (κ2) is 9.56. The SMILES string of the molecule is COc1cc(C(=O)N2CC3CCC2C3N)cc2nc(-c3cc4ccc(C5CCOCC5)nc4n3CC3CC3)n(C)c12. The molecule has 0 spiro atoms. The number of imidazole rings is 1. The van der Waals surface area contributed by atoms with Gasteiger partial charge in [-0.15, -0.1) is 0 Å². The van der Waals surface area contributed by atoms with E-state index in [2.05, 4.69) is 27.3 Å². The molecule has 214 valence electrons. The normalized spacial score (nSPS) is 24.7. The number of ether oxygens (including phenoxy) is 2. The second-order valence-electron chi connectivity index (χ2n) is 12.6. The van der Waals surface area contributed by atoms with Gasteiger partial charge >= 0.3 is 0 Å². The average molecular weight is 555 g/mol. The number of piperidine rings is 1. The predicted octanol–water partition coefficient (Wildman–Crippen LogP) is 4.46. The van der Waals surface area contributed by atoms with Gasteiger partial charge in [0.15, 0.2) is 5.82 Å². The van der Waals surface area contributed by atoms with Crippen molar-refractivity contribution in [2.75, 3.05) is 26.9 Å². The zero-order valence-corrected chi connectivity index (χ0v) is 23.9. The number of hydrogen-bond acceptors (Lipinski definition) is 6. The smallest absolute Gasteiger partial charge is 0.254 e. The van der Waals surface area contributed by atoms with E-state index in [1.807, 2.05) is 24.1 Å². The third kappa shape index (κ3) is 4.07. The van der Waals surface area contributed by atoms with Crippen molar-refractivity contribution in [1.29, 1.82) is 0 Å². The minimum absolute atomic E-state index is 0.0211. The van der Waals surface area contributed by atoms with Gasteiger partial charge in [-0.3, -0.25) is 4.79 Å². The molecule has 8 rings (SSSR count). The number of fused-ring (bicyclic) bond motifs is 4. The molecule has 4 fully saturated rings. The van der Waals surface area contributed by atoms with E-state index in [-0.39, 0.29) is 18.0 Å². The number of likely N-dealkylation sites (tertiary alicyclic amines) is 1. The highest BCUT2D eigenvalue weighted by molar-refractivity contribution is 6.00. The van der Waals surface area contributed by atoms with E-state index < -0.39 is 0 Å². The van der Waals surface area contributed by atoms with Crippen molar-refractivity contribution in [1.82, 2.24) is 24.0 Å². The molecule has 2 saturated carbocycles. The van der Waals surface area contributed by atoms with E-state index >= 15 is 0 Å². The Labute approximate surface area is 239 Å². The second-order valence-corrected chi connectivity index (χ2v) is 12.6. The van der Waals surface area contributed by atoms with Crippen LogP contribution in [0.4, 0.5) is 0 Å². The molecule has 0 radical (unpaired) electrons. The summed E-state index contributed by atoms with van der Waals surface area (Å²) in [4.78, 5) is 26.0. The summed E-state index contributed by atoms with van der Waals surface area (Å²) in [5.41, 5.74) is 11.9. The van der Waals surface area contributed by atoms with Crippen molar-refractivity contribution in [3.8, 4) is 17.3 Å². The first-order valence-electron chi connectivity index (χ1n) is 15.2. The number of nitrogens with zero attached hydrogens (tertiary/aromatic N) is 5. The van der Waals surface area contributed by atoms with E-state index in [9.17, 15) is 4.79 Å². The van der Waals surface area contributed by atoms with Crippen LogP contribution < -0.4 is 10.5 Å². The molecular formula is C32H38N6O3. The number of hydrogen-bond donors (Lipinski definition) is 1. The number of carbonyl (C=O) groups excluding carboxylic acids is 1. The highest BCUT2D eigenvalue weighted by Gasteiger charge is 2.47. The molecule has 3 aromatic heterocycles. The van der Waals surface area contributed by atoms with E-state index in [0.29, 0.717) is 29.1 Å². The fourth-order valence-corrected chi connectivity index (χ4v) is 7.56. The van der Waals surface area contributed by atoms with Crippen LogP contribution in [0.5, 0.6) is 5.75 Å². The van der Waals surface area contributed by atoms with Crippen LogP contribution in [0.25, 0.3) is 33.6 Å². The van der Waals surface area contributed by atoms with Crippen molar-refractivity contribution < 1.29 is 14.3 Å². The maximum absolute atomic E-state index is 13.7. The third-order valence-electron chi connectivity index (χ3n) is 10.1. The lowest BCUT2D eigenvalue weighted by Crippen LogP contribution is -2.41. The van der Waals surface area contributed by atoms with Crippen LogP contribution in [0.15, 0.2) is 30.3 Å². The van der Waals surface area contributed by atoms with Gasteiger partial charge in [0.25, 0.3) is 5.91 Å². The Morgan fingerprint density at radius 3 is 2.61 bits per heavy atom. The van der Waals surface area contributed by atoms with Crippen LogP contribution >= 0.6 is 0 Å². The van der Waals surface area contributed by atoms with Crippen molar-refractivity contribution in [3.63, 3.8) is 0 Å². The highest BCUT2D eigenvalue weighted by Crippen LogP contribution is 2.40. The van der Waals surface area contributed by atoms with E-state index in [1.165, 1.54) is 12.8 Å². The summed E-state index contributed by atoms with van der Waals surface area (Å²) in [5.74, 6) is 3.06. The number of aryl methyl sites for hydroxylation is 1. The molecule has 1 amide bonds. The lowest BCUT2D eigenvalue weighted by molar-refractivity contribution is 0.0700. The van der Waals surface area contributed by atoms with Gasteiger partial charge in [0.1, 0.15) is 16.9 Å². The first-order valence-corrected chi connectivity index (χ1v) is 15.2. The number of pyridine rings is 1. The number of methoxy groups -OCH3 is 1. The van der Waals surface area contributed by atoms with Gasteiger partial charge in [-0.2, -0.15) is 0 Å². The van der Waals surface area contributed by atoms with Crippen LogP contribution in [-0.2, 0) is 18.3 Å². The van der Waals surface area contributed by atoms with Gasteiger partial charge in [0, 0.05) is 68.0 Å². The molecule has 5 heterocycles. The largest absolute Gasteiger partial charge is 0.494 e. The number of benzene rings is 1. The maximum atomic E-state index is 13.7. The minimum Gasteiger partial charge on any atom is -0.494 e. The van der Waals surface area contributed by atoms with Gasteiger partial charge in [-0.05, 0) is 80.7 Å². The molecule has 4 aromatic rings. The van der Waals surface area contributed by atoms with E-state index in [0.717, 1.165) is 91.3 Å². The number of aromatic nitrogens is 4. The van der Waals surface area contributed by atoms with Crippen molar-refractivity contribution in [2.24, 2.45) is 24.6 Å². The fraction of sp³-hybridized carbons (Fsp3) is 0.531. The highest BCUT2D eigenvalue weighted by atomic mass is 16.5. The number of rotatable bonds is 6. The Balaban J connectivity index is 1.22. The molecule has 9 heteroatoms. The van der Waals surface area contributed by atoms with Gasteiger partial charge in [0.05, 0.1) is 18.3 Å². The summed E-state index contributed by atoms with van der Waals surface area (Å²) >= 11 is 0. The monoisotopic (exact) mass is 554 g/mol. The van der Waals surface area contributed by atoms with Crippen molar-refractivity contribution in [2.45, 2.75) is 63.1 Å². The third-order valence-corrected chi connectivity index (χ3v) is 10.1. The Hall–Kier alpha value is -3.43. The molecule has 2 bridgehead atoms. The zero-order valence-electron chi connectivity index (χ0n) is 23.9. The zero-order chi connectivity index (χ0) is 27.8. The van der Waals surface area contributed by atoms with Crippen molar-refractivity contribution in [3.05, 3.63) is 41.6 Å². The van der Waals surface area contributed by atoms with E-state index in [1.54, 1.807) is 7.11 Å². The number of nitrogens with two attached hydrogens (primary N) is 1. The van der Waals surface area contributed by atoms with Gasteiger partial charge in [-0.25, -0.2) is 9.97 Å². The van der Waals surface area contributed by atoms with Gasteiger partial charge in [0.2, 0.25) is 0 Å². The van der Waals surface area contributed by atoms with Crippen LogP contribution in [0, 0.1) is 11.8 Å². The van der Waals surface area contributed by atoms with Gasteiger partial charge < -0.3 is 29.2 Å². The summed E-state index contributed by atoms with van der Waals surface area (Å²) in [7, 11) is 3.70. The van der Waals surface area contributed by atoms with E-state index in [4.69, 9.17) is 25.2 Å². The summed E-state index contributed by atoms with van der Waals surface area (Å²) in [6.07, 6.45) is 6.64. The number of amides is 1. The molecule has 2 aliphatic carbocycles. The molecule has 3 atom stereocenters. The van der Waals surface area contributed by atoms with Crippen LogP contribution in [0.3, 0.4) is 0 Å². The lowest BCUT2D eigenvalue weighted by atomic mass is 9.96. The Morgan fingerprint density at radius 1 is 1.07 bits per heavy atom. The molecule has 2 N–H and O–H groups in total. The Kier molecular flexibility index (Phi) is 5.90. The van der Waals surface area contributed by atoms with Crippen molar-refractivity contribution >= 4 is 28.0 Å². The predicted molar refractivity (Wildman–Crippen MR) is 157 cm³/mol. The molecule has 9 nitrogen and oxygen atoms in total. The Bertz CT molecular complexity index is 1660. The topological polar surface area (TPSA) is 100 Å². The standard InChI is InChI=1S/C32H38N6O3/c1-36-29-24(13-22(15-27(29)40-2)32(39)38-17-21-6-8-25(38)28(21)33)35-31(36)26-14-20-5-7-23(19-9-11-41-12-10-19)34-30(20)37(26)16-18-3-4-18/h5,7,13-15,18-19,21,25,28H,3-4,6,8-12,16-17,33H2,1-2H3. The quantitative estimate of drug-likeness (QED) is 0.378. The average Bonchev–Trinajstić information content (AvgIpc) is 3.41. The summed E-state index contributed by atoms with van der Waals surface area (Å²) in [5, 5.41) is 1.13. The minimum atomic E-state index is 0.0211. The van der Waals surface area contributed by atoms with Crippen LogP contribution in [0.2, 0.25) is 0 Å².